The molecule has 0 heterocycles. The fourth-order valence-corrected chi connectivity index (χ4v) is 0.292. The summed E-state index contributed by atoms with van der Waals surface area (Å²) < 4.78 is 0. The van der Waals surface area contributed by atoms with Crippen LogP contribution in [0.15, 0.2) is 12.7 Å². The number of carbonyl (C=O) groups is 1. The van der Waals surface area contributed by atoms with Crippen molar-refractivity contribution in [3.05, 3.63) is 12.7 Å². The van der Waals surface area contributed by atoms with Crippen molar-refractivity contribution in [3.63, 3.8) is 0 Å². The Hall–Kier alpha value is -0.870. The predicted octanol–water partition coefficient (Wildman–Crippen LogP) is 1.19. The molecule has 12 heavy (non-hydrogen) atoms. The van der Waals surface area contributed by atoms with Crippen LogP contribution in [0.3, 0.4) is 0 Å². The summed E-state index contributed by atoms with van der Waals surface area (Å²) in [4.78, 5) is 13.9. The second-order valence-electron chi connectivity index (χ2n) is 2.01. The highest BCUT2D eigenvalue weighted by Crippen LogP contribution is 1.71. The van der Waals surface area contributed by atoms with Crippen LogP contribution in [0.1, 0.15) is 20.3 Å². The second-order valence-corrected chi connectivity index (χ2v) is 2.01. The molecule has 2 N–H and O–H groups in total. The molecule has 0 saturated carbocycles. The molecule has 0 fully saturated rings. The minimum atomic E-state index is -0.833. The van der Waals surface area contributed by atoms with Crippen molar-refractivity contribution in [1.29, 1.82) is 0 Å². The minimum absolute atomic E-state index is 0.583. The van der Waals surface area contributed by atoms with Gasteiger partial charge in [-0.2, -0.15) is 0 Å². The normalized spacial score (nSPS) is 8.17. The van der Waals surface area contributed by atoms with Gasteiger partial charge in [0.2, 0.25) is 0 Å². The quantitative estimate of drug-likeness (QED) is 0.374. The predicted molar refractivity (Wildman–Crippen MR) is 47.8 cm³/mol. The van der Waals surface area contributed by atoms with E-state index in [1.165, 1.54) is 0 Å². The highest BCUT2D eigenvalue weighted by Gasteiger charge is 1.77. The van der Waals surface area contributed by atoms with E-state index in [2.05, 4.69) is 19.0 Å². The van der Waals surface area contributed by atoms with Gasteiger partial charge >= 0.3 is 0 Å². The molecule has 0 aliphatic carbocycles. The molecule has 0 aliphatic rings. The van der Waals surface area contributed by atoms with Crippen LogP contribution in [0.4, 0.5) is 0 Å². The van der Waals surface area contributed by atoms with Gasteiger partial charge in [-0.25, -0.2) is 5.48 Å². The van der Waals surface area contributed by atoms with Crippen LogP contribution >= 0.6 is 0 Å². The maximum Gasteiger partial charge on any atom is 0.300 e. The molecule has 0 bridgehead atoms. The molecular formula is C8H17NO3. The molecule has 0 spiro atoms. The lowest BCUT2D eigenvalue weighted by atomic mass is 10.5. The Morgan fingerprint density at radius 2 is 2.25 bits per heavy atom. The summed E-state index contributed by atoms with van der Waals surface area (Å²) in [5.41, 5.74) is 2.76. The summed E-state index contributed by atoms with van der Waals surface area (Å²) in [6.45, 7) is 8.16. The standard InChI is InChI=1S/C6H13NO.C2H4O2/c1-3-5-7-8-6-4-2;1-2(3)4/h4,7H,2-3,5-6H2,1H3;1H3,(H,3,4). The first kappa shape index (κ1) is 13.7. The van der Waals surface area contributed by atoms with Crippen molar-refractivity contribution in [2.24, 2.45) is 0 Å². The van der Waals surface area contributed by atoms with Gasteiger partial charge in [-0.3, -0.25) is 9.63 Å². The van der Waals surface area contributed by atoms with Gasteiger partial charge in [0.15, 0.2) is 0 Å². The molecule has 0 amide bonds. The largest absolute Gasteiger partial charge is 0.481 e. The van der Waals surface area contributed by atoms with E-state index in [-0.39, 0.29) is 0 Å². The number of hydroxylamine groups is 1. The minimum Gasteiger partial charge on any atom is -0.481 e. The highest BCUT2D eigenvalue weighted by atomic mass is 16.6. The van der Waals surface area contributed by atoms with Crippen LogP contribution in [0.25, 0.3) is 0 Å². The summed E-state index contributed by atoms with van der Waals surface area (Å²) in [6, 6.07) is 0. The van der Waals surface area contributed by atoms with Crippen LogP contribution in [-0.2, 0) is 9.63 Å². The zero-order chi connectivity index (χ0) is 9.82. The SMILES string of the molecule is C=CCONCCC.CC(=O)O. The van der Waals surface area contributed by atoms with Gasteiger partial charge < -0.3 is 5.11 Å². The van der Waals surface area contributed by atoms with Crippen molar-refractivity contribution in [3.8, 4) is 0 Å². The highest BCUT2D eigenvalue weighted by molar-refractivity contribution is 5.62. The van der Waals surface area contributed by atoms with Crippen molar-refractivity contribution < 1.29 is 14.7 Å². The van der Waals surface area contributed by atoms with Crippen LogP contribution in [0, 0.1) is 0 Å². The van der Waals surface area contributed by atoms with E-state index in [1.54, 1.807) is 6.08 Å². The summed E-state index contributed by atoms with van der Waals surface area (Å²) in [5, 5.41) is 7.42. The van der Waals surface area contributed by atoms with Crippen LogP contribution in [0.5, 0.6) is 0 Å². The van der Waals surface area contributed by atoms with E-state index < -0.39 is 5.97 Å². The lowest BCUT2D eigenvalue weighted by Gasteiger charge is -1.98. The van der Waals surface area contributed by atoms with Gasteiger partial charge in [0.1, 0.15) is 0 Å². The number of nitrogens with one attached hydrogen (secondary N) is 1. The average Bonchev–Trinajstić information content (AvgIpc) is 1.97. The summed E-state index contributed by atoms with van der Waals surface area (Å²) in [6.07, 6.45) is 2.81. The Balaban J connectivity index is 0. The van der Waals surface area contributed by atoms with E-state index in [9.17, 15) is 0 Å². The number of carboxylic acid groups (broad SMARTS) is 1. The summed E-state index contributed by atoms with van der Waals surface area (Å²) in [7, 11) is 0. The maximum absolute atomic E-state index is 9.00. The van der Waals surface area contributed by atoms with Crippen LogP contribution < -0.4 is 5.48 Å². The fraction of sp³-hybridized carbons (Fsp3) is 0.625. The molecule has 0 unspecified atom stereocenters. The van der Waals surface area contributed by atoms with Crippen LogP contribution in [0.2, 0.25) is 0 Å². The summed E-state index contributed by atoms with van der Waals surface area (Å²) >= 11 is 0. The first-order valence-electron chi connectivity index (χ1n) is 3.80. The van der Waals surface area contributed by atoms with Crippen LogP contribution in [-0.4, -0.2) is 24.2 Å². The van der Waals surface area contributed by atoms with E-state index in [0.717, 1.165) is 19.9 Å². The number of rotatable bonds is 5. The fourth-order valence-electron chi connectivity index (χ4n) is 0.292. The molecule has 4 heteroatoms. The van der Waals surface area contributed by atoms with Gasteiger partial charge in [-0.1, -0.05) is 13.0 Å². The Morgan fingerprint density at radius 3 is 2.58 bits per heavy atom. The average molecular weight is 175 g/mol. The lowest BCUT2D eigenvalue weighted by molar-refractivity contribution is -0.134. The molecule has 0 atom stereocenters. The topological polar surface area (TPSA) is 58.6 Å². The zero-order valence-electron chi connectivity index (χ0n) is 7.67. The Kier molecular flexibility index (Phi) is 14.6. The van der Waals surface area contributed by atoms with Crippen molar-refractivity contribution in [1.82, 2.24) is 5.48 Å². The van der Waals surface area contributed by atoms with Gasteiger partial charge in [0.05, 0.1) is 6.61 Å². The summed E-state index contributed by atoms with van der Waals surface area (Å²) in [5.74, 6) is -0.833. The molecule has 0 aliphatic heterocycles. The van der Waals surface area contributed by atoms with E-state index >= 15 is 0 Å². The van der Waals surface area contributed by atoms with E-state index in [0.29, 0.717) is 6.61 Å². The first-order valence-corrected chi connectivity index (χ1v) is 3.80. The van der Waals surface area contributed by atoms with Gasteiger partial charge in [-0.15, -0.1) is 6.58 Å². The lowest BCUT2D eigenvalue weighted by Crippen LogP contribution is -2.14. The molecular weight excluding hydrogens is 158 g/mol. The molecule has 0 aromatic carbocycles. The number of aliphatic carboxylic acids is 1. The molecule has 72 valence electrons. The van der Waals surface area contributed by atoms with Gasteiger partial charge in [-0.05, 0) is 6.42 Å². The molecule has 0 aromatic rings. The van der Waals surface area contributed by atoms with Crippen molar-refractivity contribution >= 4 is 5.97 Å². The third-order valence-corrected chi connectivity index (χ3v) is 0.655. The number of hydrogen-bond acceptors (Lipinski definition) is 3. The third kappa shape index (κ3) is 35.4. The Bertz CT molecular complexity index is 111. The van der Waals surface area contributed by atoms with Gasteiger partial charge in [0.25, 0.3) is 5.97 Å². The van der Waals surface area contributed by atoms with Crippen molar-refractivity contribution in [2.75, 3.05) is 13.2 Å². The second kappa shape index (κ2) is 12.8. The number of carboxylic acids is 1. The van der Waals surface area contributed by atoms with Gasteiger partial charge in [0, 0.05) is 13.5 Å². The monoisotopic (exact) mass is 175 g/mol. The van der Waals surface area contributed by atoms with Crippen molar-refractivity contribution in [2.45, 2.75) is 20.3 Å². The number of hydrogen-bond donors (Lipinski definition) is 2. The third-order valence-electron chi connectivity index (χ3n) is 0.655. The maximum atomic E-state index is 9.00. The Labute approximate surface area is 73.2 Å². The first-order chi connectivity index (χ1) is 5.65. The Morgan fingerprint density at radius 1 is 1.75 bits per heavy atom. The zero-order valence-corrected chi connectivity index (χ0v) is 7.67. The molecule has 4 nitrogen and oxygen atoms in total. The smallest absolute Gasteiger partial charge is 0.300 e. The van der Waals surface area contributed by atoms with E-state index in [4.69, 9.17) is 14.7 Å². The molecule has 0 aromatic heterocycles. The molecule has 0 saturated heterocycles. The molecule has 0 rings (SSSR count). The van der Waals surface area contributed by atoms with E-state index in [1.807, 2.05) is 0 Å². The molecule has 0 radical (unpaired) electrons.